The van der Waals surface area contributed by atoms with Gasteiger partial charge in [-0.05, 0) is 38.7 Å². The van der Waals surface area contributed by atoms with Gasteiger partial charge in [-0.25, -0.2) is 36.6 Å². The number of carbonyl (C=O) groups excluding carboxylic acids is 2. The predicted octanol–water partition coefficient (Wildman–Crippen LogP) is 5.74. The van der Waals surface area contributed by atoms with Gasteiger partial charge in [0.05, 0.1) is 30.3 Å². The fraction of sp³-hybridized carbons (Fsp3) is 0.593. The van der Waals surface area contributed by atoms with Crippen LogP contribution in [0.4, 0.5) is 35.1 Å². The Hall–Kier alpha value is -3.79. The highest BCUT2D eigenvalue weighted by Crippen LogP contribution is 2.44. The Balaban J connectivity index is 1.81. The van der Waals surface area contributed by atoms with E-state index < -0.39 is 90.3 Å². The van der Waals surface area contributed by atoms with Crippen molar-refractivity contribution < 1.29 is 44.7 Å². The molecule has 1 aromatic carbocycles. The van der Waals surface area contributed by atoms with E-state index in [-0.39, 0.29) is 41.9 Å². The molecular weight excluding hydrogens is 606 g/mol. The molecule has 0 spiro atoms. The van der Waals surface area contributed by atoms with E-state index in [0.29, 0.717) is 6.92 Å². The number of H-pyrrole nitrogens is 1. The minimum atomic E-state index is -4.96. The molecule has 4 rings (SSSR count). The Labute approximate surface area is 246 Å². The molecule has 4 N–H and O–H groups in total. The van der Waals surface area contributed by atoms with Crippen LogP contribution in [0.25, 0.3) is 11.0 Å². The average Bonchev–Trinajstić information content (AvgIpc) is 3.52. The second-order valence-corrected chi connectivity index (χ2v) is 11.5. The van der Waals surface area contributed by atoms with Gasteiger partial charge in [0.15, 0.2) is 11.6 Å². The molecule has 0 radical (unpaired) electrons. The number of nitrogens with zero attached hydrogens (tertiary/aromatic N) is 4. The first-order valence-corrected chi connectivity index (χ1v) is 13.8. The summed E-state index contributed by atoms with van der Waals surface area (Å²) in [5.74, 6) is -13.9. The molecule has 3 aromatic rings. The number of primary amides is 1. The number of amides is 2. The van der Waals surface area contributed by atoms with Crippen molar-refractivity contribution in [2.45, 2.75) is 88.8 Å². The molecule has 0 bridgehead atoms. The fourth-order valence-electron chi connectivity index (χ4n) is 5.39. The van der Waals surface area contributed by atoms with E-state index in [1.165, 1.54) is 10.7 Å². The van der Waals surface area contributed by atoms with Gasteiger partial charge in [0, 0.05) is 31.4 Å². The molecule has 242 valence electrons. The number of hydrogen-bond acceptors (Lipinski definition) is 5. The fourth-order valence-corrected chi connectivity index (χ4v) is 5.39. The number of hydrogen-bond donors (Lipinski definition) is 3. The third-order valence-electron chi connectivity index (χ3n) is 7.50. The smallest absolute Gasteiger partial charge is 0.363 e. The van der Waals surface area contributed by atoms with Gasteiger partial charge in [0.1, 0.15) is 11.3 Å². The molecule has 2 atom stereocenters. The molecule has 2 unspecified atom stereocenters. The first-order valence-electron chi connectivity index (χ1n) is 13.8. The minimum Gasteiger partial charge on any atom is -0.363 e. The van der Waals surface area contributed by atoms with Crippen LogP contribution in [0.15, 0.2) is 12.1 Å². The Kier molecular flexibility index (Phi) is 8.99. The maximum absolute atomic E-state index is 15.9. The van der Waals surface area contributed by atoms with Gasteiger partial charge >= 0.3 is 6.18 Å². The van der Waals surface area contributed by atoms with Crippen LogP contribution in [0.5, 0.6) is 0 Å². The number of aromatic amines is 1. The summed E-state index contributed by atoms with van der Waals surface area (Å²) >= 11 is 0. The molecule has 1 aliphatic carbocycles. The summed E-state index contributed by atoms with van der Waals surface area (Å²) < 4.78 is 112. The highest BCUT2D eigenvalue weighted by atomic mass is 19.4. The summed E-state index contributed by atoms with van der Waals surface area (Å²) in [6, 6.07) is 1.72. The molecule has 9 nitrogen and oxygen atoms in total. The number of halogens is 8. The predicted molar refractivity (Wildman–Crippen MR) is 141 cm³/mol. The first kappa shape index (κ1) is 33.1. The molecule has 1 saturated carbocycles. The van der Waals surface area contributed by atoms with Gasteiger partial charge in [-0.1, -0.05) is 6.07 Å². The second kappa shape index (κ2) is 12.0. The van der Waals surface area contributed by atoms with Gasteiger partial charge in [-0.3, -0.25) is 9.59 Å². The van der Waals surface area contributed by atoms with Crippen molar-refractivity contribution in [3.63, 3.8) is 0 Å². The zero-order valence-corrected chi connectivity index (χ0v) is 23.9. The zero-order chi connectivity index (χ0) is 32.8. The standard InChI is InChI=1S/C27H31F8N7O2/c1-12(2)42-23(20(36)43)40-22(41-42)17(13-6-8-26(31,32)9-7-13)21-38-16-5-4-14(18(28)19(16)39-21)15(10-27(33,34)35)24(44)37-11-25(3,29)30/h4-5,12-13,15,17H,6-11H2,1-3H3,(H2,36,43)(H,37,44)(H,38,39). The number of fused-ring (bicyclic) bond motifs is 1. The molecule has 2 heterocycles. The zero-order valence-electron chi connectivity index (χ0n) is 23.9. The molecule has 1 aliphatic rings. The summed E-state index contributed by atoms with van der Waals surface area (Å²) in [7, 11) is 0. The number of carbonyl (C=O) groups is 2. The number of imidazole rings is 1. The van der Waals surface area contributed by atoms with Crippen molar-refractivity contribution in [3.8, 4) is 0 Å². The summed E-state index contributed by atoms with van der Waals surface area (Å²) in [5, 5.41) is 6.12. The normalized spacial score (nSPS) is 17.6. The Morgan fingerprint density at radius 1 is 1.14 bits per heavy atom. The van der Waals surface area contributed by atoms with E-state index in [0.717, 1.165) is 6.07 Å². The van der Waals surface area contributed by atoms with E-state index in [2.05, 4.69) is 20.1 Å². The quantitative estimate of drug-likeness (QED) is 0.244. The molecule has 17 heteroatoms. The van der Waals surface area contributed by atoms with Crippen molar-refractivity contribution in [1.29, 1.82) is 0 Å². The molecule has 0 saturated heterocycles. The van der Waals surface area contributed by atoms with Crippen molar-refractivity contribution in [1.82, 2.24) is 30.0 Å². The number of alkyl halides is 7. The van der Waals surface area contributed by atoms with Gasteiger partial charge in [-0.2, -0.15) is 18.3 Å². The molecule has 44 heavy (non-hydrogen) atoms. The number of aromatic nitrogens is 5. The van der Waals surface area contributed by atoms with E-state index in [9.17, 15) is 40.3 Å². The van der Waals surface area contributed by atoms with Crippen molar-refractivity contribution >= 4 is 22.8 Å². The SMILES string of the molecule is CC(C)n1nc(C(c2nc3c(F)c(C(CC(F)(F)F)C(=O)NCC(C)(F)F)ccc3[nH]2)C2CCC(F)(F)CC2)nc1C(N)=O. The van der Waals surface area contributed by atoms with Crippen LogP contribution in [0.1, 0.15) is 98.6 Å². The van der Waals surface area contributed by atoms with Gasteiger partial charge in [0.2, 0.25) is 17.7 Å². The highest BCUT2D eigenvalue weighted by molar-refractivity contribution is 5.89. The van der Waals surface area contributed by atoms with Crippen LogP contribution in [0.3, 0.4) is 0 Å². The molecule has 2 amide bonds. The van der Waals surface area contributed by atoms with E-state index in [4.69, 9.17) is 5.73 Å². The van der Waals surface area contributed by atoms with E-state index in [1.54, 1.807) is 19.2 Å². The minimum absolute atomic E-state index is 0.00257. The van der Waals surface area contributed by atoms with E-state index >= 15 is 4.39 Å². The lowest BCUT2D eigenvalue weighted by molar-refractivity contribution is -0.148. The molecular formula is C27H31F8N7O2. The number of benzene rings is 1. The van der Waals surface area contributed by atoms with Crippen LogP contribution < -0.4 is 11.1 Å². The summed E-state index contributed by atoms with van der Waals surface area (Å²) in [4.78, 5) is 36.1. The van der Waals surface area contributed by atoms with E-state index in [1.807, 2.05) is 0 Å². The molecule has 0 aliphatic heterocycles. The second-order valence-electron chi connectivity index (χ2n) is 11.5. The van der Waals surface area contributed by atoms with Crippen LogP contribution in [-0.4, -0.2) is 61.1 Å². The number of nitrogens with two attached hydrogens (primary N) is 1. The van der Waals surface area contributed by atoms with Crippen LogP contribution >= 0.6 is 0 Å². The monoisotopic (exact) mass is 637 g/mol. The third-order valence-corrected chi connectivity index (χ3v) is 7.50. The van der Waals surface area contributed by atoms with Crippen molar-refractivity contribution in [2.24, 2.45) is 11.7 Å². The topological polar surface area (TPSA) is 132 Å². The largest absolute Gasteiger partial charge is 0.390 e. The highest BCUT2D eigenvalue weighted by Gasteiger charge is 2.42. The average molecular weight is 638 g/mol. The first-order chi connectivity index (χ1) is 20.3. The number of nitrogens with one attached hydrogen (secondary N) is 2. The third kappa shape index (κ3) is 7.46. The summed E-state index contributed by atoms with van der Waals surface area (Å²) in [5.41, 5.74) is 4.27. The molecule has 1 fully saturated rings. The molecule has 2 aromatic heterocycles. The Morgan fingerprint density at radius 2 is 1.77 bits per heavy atom. The summed E-state index contributed by atoms with van der Waals surface area (Å²) in [6.07, 6.45) is -7.75. The van der Waals surface area contributed by atoms with Crippen LogP contribution in [-0.2, 0) is 4.79 Å². The maximum atomic E-state index is 15.9. The van der Waals surface area contributed by atoms with Crippen molar-refractivity contribution in [3.05, 3.63) is 41.0 Å². The lowest BCUT2D eigenvalue weighted by atomic mass is 9.78. The van der Waals surface area contributed by atoms with Gasteiger partial charge in [0.25, 0.3) is 11.8 Å². The van der Waals surface area contributed by atoms with Crippen LogP contribution in [0, 0.1) is 11.7 Å². The maximum Gasteiger partial charge on any atom is 0.390 e. The Bertz CT molecular complexity index is 1520. The van der Waals surface area contributed by atoms with Gasteiger partial charge in [-0.15, -0.1) is 0 Å². The lowest BCUT2D eigenvalue weighted by Gasteiger charge is -2.31. The number of rotatable bonds is 10. The summed E-state index contributed by atoms with van der Waals surface area (Å²) in [6.45, 7) is 2.60. The van der Waals surface area contributed by atoms with Crippen LogP contribution in [0.2, 0.25) is 0 Å². The van der Waals surface area contributed by atoms with Gasteiger partial charge < -0.3 is 16.0 Å². The Morgan fingerprint density at radius 3 is 2.30 bits per heavy atom. The lowest BCUT2D eigenvalue weighted by Crippen LogP contribution is -2.39. The van der Waals surface area contributed by atoms with Crippen molar-refractivity contribution in [2.75, 3.05) is 6.54 Å².